The zero-order valence-corrected chi connectivity index (χ0v) is 12.1. The second-order valence-electron chi connectivity index (χ2n) is 5.14. The minimum atomic E-state index is -0.659. The lowest BCUT2D eigenvalue weighted by Crippen LogP contribution is -2.39. The van der Waals surface area contributed by atoms with E-state index in [2.05, 4.69) is 0 Å². The SMILES string of the molecule is CC(C)OC(=O)N(C(=O)OC(C)C)C1=CCCCC1. The van der Waals surface area contributed by atoms with E-state index in [4.69, 9.17) is 9.47 Å². The van der Waals surface area contributed by atoms with Crippen LogP contribution < -0.4 is 0 Å². The van der Waals surface area contributed by atoms with Crippen LogP contribution in [0.3, 0.4) is 0 Å². The molecule has 0 unspecified atom stereocenters. The first-order chi connectivity index (χ1) is 8.91. The summed E-state index contributed by atoms with van der Waals surface area (Å²) in [5.41, 5.74) is 0.683. The molecule has 0 radical (unpaired) electrons. The van der Waals surface area contributed by atoms with Gasteiger partial charge >= 0.3 is 12.2 Å². The minimum absolute atomic E-state index is 0.272. The van der Waals surface area contributed by atoms with Gasteiger partial charge in [-0.15, -0.1) is 0 Å². The Morgan fingerprint density at radius 3 is 1.95 bits per heavy atom. The molecule has 0 spiro atoms. The molecule has 0 bridgehead atoms. The van der Waals surface area contributed by atoms with Gasteiger partial charge in [0.05, 0.1) is 12.2 Å². The molecule has 1 aliphatic rings. The van der Waals surface area contributed by atoms with Crippen LogP contribution in [0.5, 0.6) is 0 Å². The van der Waals surface area contributed by atoms with Crippen molar-refractivity contribution in [2.24, 2.45) is 0 Å². The standard InChI is InChI=1S/C14H23NO4/c1-10(2)18-13(16)15(14(17)19-11(3)4)12-8-6-5-7-9-12/h8,10-11H,5-7,9H2,1-4H3. The Morgan fingerprint density at radius 2 is 1.58 bits per heavy atom. The maximum absolute atomic E-state index is 12.0. The molecule has 0 N–H and O–H groups in total. The van der Waals surface area contributed by atoms with Gasteiger partial charge in [-0.2, -0.15) is 4.90 Å². The molecule has 2 amide bonds. The molecule has 5 heteroatoms. The number of carbonyl (C=O) groups is 2. The Morgan fingerprint density at radius 1 is 1.05 bits per heavy atom. The number of hydrogen-bond donors (Lipinski definition) is 0. The average molecular weight is 269 g/mol. The fourth-order valence-corrected chi connectivity index (χ4v) is 1.84. The highest BCUT2D eigenvalue weighted by atomic mass is 16.6. The third kappa shape index (κ3) is 4.93. The highest BCUT2D eigenvalue weighted by molar-refractivity contribution is 5.90. The van der Waals surface area contributed by atoms with E-state index in [1.807, 2.05) is 6.08 Å². The van der Waals surface area contributed by atoms with Crippen LogP contribution in [0, 0.1) is 0 Å². The van der Waals surface area contributed by atoms with E-state index in [1.54, 1.807) is 27.7 Å². The minimum Gasteiger partial charge on any atom is -0.446 e. The van der Waals surface area contributed by atoms with E-state index < -0.39 is 12.2 Å². The van der Waals surface area contributed by atoms with Crippen LogP contribution in [-0.4, -0.2) is 29.3 Å². The van der Waals surface area contributed by atoms with Crippen molar-refractivity contribution in [1.29, 1.82) is 0 Å². The number of hydrogen-bond acceptors (Lipinski definition) is 4. The van der Waals surface area contributed by atoms with Crippen LogP contribution >= 0.6 is 0 Å². The summed E-state index contributed by atoms with van der Waals surface area (Å²) in [5, 5.41) is 0. The highest BCUT2D eigenvalue weighted by Gasteiger charge is 2.30. The third-order valence-corrected chi connectivity index (χ3v) is 2.59. The molecule has 108 valence electrons. The largest absolute Gasteiger partial charge is 0.446 e. The molecule has 1 rings (SSSR count). The van der Waals surface area contributed by atoms with Crippen molar-refractivity contribution in [1.82, 2.24) is 4.90 Å². The van der Waals surface area contributed by atoms with Crippen LogP contribution in [0.15, 0.2) is 11.8 Å². The fraction of sp³-hybridized carbons (Fsp3) is 0.714. The monoisotopic (exact) mass is 269 g/mol. The molecular formula is C14H23NO4. The summed E-state index contributed by atoms with van der Waals surface area (Å²) >= 11 is 0. The van der Waals surface area contributed by atoms with Crippen LogP contribution in [0.2, 0.25) is 0 Å². The number of amides is 2. The van der Waals surface area contributed by atoms with E-state index in [1.165, 1.54) is 0 Å². The summed E-state index contributed by atoms with van der Waals surface area (Å²) in [5.74, 6) is 0. The van der Waals surface area contributed by atoms with Crippen LogP contribution in [0.25, 0.3) is 0 Å². The number of carbonyl (C=O) groups excluding carboxylic acids is 2. The van der Waals surface area contributed by atoms with Crippen LogP contribution in [0.4, 0.5) is 9.59 Å². The van der Waals surface area contributed by atoms with Gasteiger partial charge in [-0.3, -0.25) is 0 Å². The van der Waals surface area contributed by atoms with Crippen molar-refractivity contribution in [3.8, 4) is 0 Å². The summed E-state index contributed by atoms with van der Waals surface area (Å²) in [7, 11) is 0. The molecule has 0 saturated carbocycles. The molecule has 19 heavy (non-hydrogen) atoms. The normalized spacial score (nSPS) is 15.2. The molecule has 5 nitrogen and oxygen atoms in total. The highest BCUT2D eigenvalue weighted by Crippen LogP contribution is 2.23. The molecule has 0 aromatic carbocycles. The topological polar surface area (TPSA) is 55.8 Å². The van der Waals surface area contributed by atoms with Gasteiger partial charge in [-0.05, 0) is 53.4 Å². The Bertz CT molecular complexity index is 338. The predicted octanol–water partition coefficient (Wildman–Crippen LogP) is 3.84. The lowest BCUT2D eigenvalue weighted by molar-refractivity contribution is 0.0586. The van der Waals surface area contributed by atoms with E-state index in [0.29, 0.717) is 12.1 Å². The van der Waals surface area contributed by atoms with E-state index in [-0.39, 0.29) is 12.2 Å². The quantitative estimate of drug-likeness (QED) is 0.781. The van der Waals surface area contributed by atoms with Gasteiger partial charge < -0.3 is 9.47 Å². The third-order valence-electron chi connectivity index (χ3n) is 2.59. The predicted molar refractivity (Wildman–Crippen MR) is 71.6 cm³/mol. The first-order valence-electron chi connectivity index (χ1n) is 6.82. The molecule has 0 heterocycles. The van der Waals surface area contributed by atoms with E-state index in [9.17, 15) is 9.59 Å². The first-order valence-corrected chi connectivity index (χ1v) is 6.82. The van der Waals surface area contributed by atoms with Crippen molar-refractivity contribution in [2.75, 3.05) is 0 Å². The molecule has 0 fully saturated rings. The average Bonchev–Trinajstić information content (AvgIpc) is 2.28. The lowest BCUT2D eigenvalue weighted by atomic mass is 10.0. The molecule has 0 saturated heterocycles. The molecule has 0 aromatic heterocycles. The van der Waals surface area contributed by atoms with Crippen molar-refractivity contribution < 1.29 is 19.1 Å². The summed E-state index contributed by atoms with van der Waals surface area (Å²) in [6, 6.07) is 0. The molecule has 0 aliphatic heterocycles. The number of ether oxygens (including phenoxy) is 2. The second-order valence-corrected chi connectivity index (χ2v) is 5.14. The van der Waals surface area contributed by atoms with Crippen molar-refractivity contribution in [3.63, 3.8) is 0 Å². The van der Waals surface area contributed by atoms with Gasteiger partial charge in [0.2, 0.25) is 0 Å². The van der Waals surface area contributed by atoms with Crippen molar-refractivity contribution in [2.45, 2.75) is 65.6 Å². The van der Waals surface area contributed by atoms with Crippen molar-refractivity contribution in [3.05, 3.63) is 11.8 Å². The molecule has 0 aromatic rings. The Labute approximate surface area is 114 Å². The molecule has 1 aliphatic carbocycles. The Hall–Kier alpha value is -1.52. The van der Waals surface area contributed by atoms with E-state index in [0.717, 1.165) is 24.2 Å². The Balaban J connectivity index is 2.86. The van der Waals surface area contributed by atoms with Gasteiger partial charge in [0.15, 0.2) is 0 Å². The second kappa shape index (κ2) is 7.16. The van der Waals surface area contributed by atoms with Gasteiger partial charge in [0.1, 0.15) is 0 Å². The Kier molecular flexibility index (Phi) is 5.86. The van der Waals surface area contributed by atoms with E-state index >= 15 is 0 Å². The van der Waals surface area contributed by atoms with Gasteiger partial charge in [0, 0.05) is 5.70 Å². The zero-order chi connectivity index (χ0) is 14.4. The first kappa shape index (κ1) is 15.5. The summed E-state index contributed by atoms with van der Waals surface area (Å²) in [6.45, 7) is 7.00. The number of imide groups is 1. The van der Waals surface area contributed by atoms with Gasteiger partial charge in [-0.1, -0.05) is 6.08 Å². The smallest absolute Gasteiger partial charge is 0.423 e. The van der Waals surface area contributed by atoms with Crippen LogP contribution in [0.1, 0.15) is 53.4 Å². The van der Waals surface area contributed by atoms with Crippen LogP contribution in [-0.2, 0) is 9.47 Å². The van der Waals surface area contributed by atoms with Gasteiger partial charge in [-0.25, -0.2) is 9.59 Å². The fourth-order valence-electron chi connectivity index (χ4n) is 1.84. The number of nitrogens with zero attached hydrogens (tertiary/aromatic N) is 1. The van der Waals surface area contributed by atoms with Crippen molar-refractivity contribution >= 4 is 12.2 Å². The summed E-state index contributed by atoms with van der Waals surface area (Å²) < 4.78 is 10.2. The number of allylic oxidation sites excluding steroid dienone is 2. The molecule has 0 atom stereocenters. The summed E-state index contributed by atoms with van der Waals surface area (Å²) in [4.78, 5) is 25.1. The summed E-state index contributed by atoms with van der Waals surface area (Å²) in [6.07, 6.45) is 3.66. The maximum atomic E-state index is 12.0. The van der Waals surface area contributed by atoms with Gasteiger partial charge in [0.25, 0.3) is 0 Å². The lowest BCUT2D eigenvalue weighted by Gasteiger charge is -2.26. The number of rotatable bonds is 3. The molecular weight excluding hydrogens is 246 g/mol. The zero-order valence-electron chi connectivity index (χ0n) is 12.1. The maximum Gasteiger partial charge on any atom is 0.423 e.